The van der Waals surface area contributed by atoms with Crippen LogP contribution in [-0.4, -0.2) is 71.9 Å². The van der Waals surface area contributed by atoms with Crippen molar-refractivity contribution in [3.8, 4) is 17.2 Å². The van der Waals surface area contributed by atoms with Crippen molar-refractivity contribution in [1.82, 2.24) is 19.6 Å². The molecule has 0 saturated carbocycles. The summed E-state index contributed by atoms with van der Waals surface area (Å²) in [5.74, 6) is 1.22. The Morgan fingerprint density at radius 3 is 2.34 bits per heavy atom. The summed E-state index contributed by atoms with van der Waals surface area (Å²) in [5, 5.41) is 16.3. The van der Waals surface area contributed by atoms with Crippen molar-refractivity contribution in [2.45, 2.75) is 72.4 Å². The highest BCUT2D eigenvalue weighted by Gasteiger charge is 2.32. The molecule has 2 radical (unpaired) electrons. The Bertz CT molecular complexity index is 2020. The number of carbonyl (C=O) groups is 2. The molecule has 5 aromatic rings. The second kappa shape index (κ2) is 17.6. The topological polar surface area (TPSA) is 99.9 Å². The van der Waals surface area contributed by atoms with Gasteiger partial charge < -0.3 is 24.6 Å². The van der Waals surface area contributed by atoms with Crippen LogP contribution < -0.4 is 14.9 Å². The van der Waals surface area contributed by atoms with Crippen LogP contribution >= 0.6 is 0 Å². The number of fused-ring (bicyclic) bond motifs is 1. The summed E-state index contributed by atoms with van der Waals surface area (Å²) in [5.41, 5.74) is 6.29. The van der Waals surface area contributed by atoms with Crippen molar-refractivity contribution in [1.29, 1.82) is 0 Å². The van der Waals surface area contributed by atoms with Crippen LogP contribution in [0.25, 0.3) is 5.69 Å². The summed E-state index contributed by atoms with van der Waals surface area (Å²) in [4.78, 5) is 35.6. The van der Waals surface area contributed by atoms with Crippen molar-refractivity contribution in [3.63, 3.8) is 0 Å². The third-order valence-electron chi connectivity index (χ3n) is 9.68. The number of anilines is 1. The van der Waals surface area contributed by atoms with Gasteiger partial charge in [-0.15, -0.1) is 0 Å². The predicted octanol–water partition coefficient (Wildman–Crippen LogP) is 7.24. The van der Waals surface area contributed by atoms with Gasteiger partial charge in [0.1, 0.15) is 11.5 Å². The number of hydrogen-bond acceptors (Lipinski definition) is 6. The van der Waals surface area contributed by atoms with Gasteiger partial charge in [-0.25, -0.2) is 4.68 Å². The number of nitrogens with one attached hydrogen (secondary N) is 1. The average molecular weight is 728 g/mol. The molecule has 1 aliphatic rings. The molecule has 0 unspecified atom stereocenters. The van der Waals surface area contributed by atoms with Gasteiger partial charge in [-0.05, 0) is 98.0 Å². The van der Waals surface area contributed by atoms with E-state index in [2.05, 4.69) is 24.9 Å². The van der Waals surface area contributed by atoms with Crippen molar-refractivity contribution in [2.75, 3.05) is 24.7 Å². The van der Waals surface area contributed by atoms with E-state index >= 15 is 0 Å². The molecule has 53 heavy (non-hydrogen) atoms. The van der Waals surface area contributed by atoms with Crippen molar-refractivity contribution < 1.29 is 19.4 Å². The zero-order chi connectivity index (χ0) is 37.3. The Morgan fingerprint density at radius 1 is 0.887 bits per heavy atom. The average Bonchev–Trinajstić information content (AvgIpc) is 3.58. The smallest absolute Gasteiger partial charge is 0.274 e. The summed E-state index contributed by atoms with van der Waals surface area (Å²) < 4.78 is 7.82. The van der Waals surface area contributed by atoms with E-state index in [4.69, 9.17) is 9.84 Å². The summed E-state index contributed by atoms with van der Waals surface area (Å²) in [6.07, 6.45) is 4.42. The first kappa shape index (κ1) is 37.6. The highest BCUT2D eigenvalue weighted by Crippen LogP contribution is 2.29. The maximum Gasteiger partial charge on any atom is 0.274 e. The Morgan fingerprint density at radius 2 is 1.62 bits per heavy atom. The van der Waals surface area contributed by atoms with E-state index < -0.39 is 0 Å². The maximum atomic E-state index is 14.7. The third kappa shape index (κ3) is 9.07. The van der Waals surface area contributed by atoms with E-state index in [9.17, 15) is 14.7 Å². The number of aryl methyl sites for hydroxylation is 2. The number of nitrogens with zero attached hydrogens (tertiary/aromatic N) is 4. The molecule has 9 nitrogen and oxygen atoms in total. The zero-order valence-corrected chi connectivity index (χ0v) is 32.1. The molecule has 6 rings (SSSR count). The molecule has 274 valence electrons. The molecule has 2 N–H and O–H groups in total. The van der Waals surface area contributed by atoms with Crippen LogP contribution in [0.3, 0.4) is 0 Å². The fourth-order valence-electron chi connectivity index (χ4n) is 6.63. The van der Waals surface area contributed by atoms with Crippen LogP contribution in [0.5, 0.6) is 11.5 Å². The van der Waals surface area contributed by atoms with Gasteiger partial charge in [0.15, 0.2) is 5.69 Å². The Labute approximate surface area is 315 Å². The van der Waals surface area contributed by atoms with Crippen LogP contribution in [0.15, 0.2) is 97.1 Å². The third-order valence-corrected chi connectivity index (χ3v) is 10.7. The van der Waals surface area contributed by atoms with Gasteiger partial charge in [0, 0.05) is 31.0 Å². The first-order valence-corrected chi connectivity index (χ1v) is 19.6. The number of aliphatic hydroxyl groups is 1. The molecule has 4 aromatic carbocycles. The lowest BCUT2D eigenvalue weighted by Gasteiger charge is -2.36. The number of benzene rings is 4. The lowest BCUT2D eigenvalue weighted by Crippen LogP contribution is -2.46. The number of aliphatic hydroxyl groups excluding tert-OH is 1. The zero-order valence-electron chi connectivity index (χ0n) is 31.1. The number of aromatic nitrogens is 2. The first-order valence-electron chi connectivity index (χ1n) is 18.6. The normalized spacial score (nSPS) is 13.8. The van der Waals surface area contributed by atoms with Crippen molar-refractivity contribution in [2.24, 2.45) is 0 Å². The van der Waals surface area contributed by atoms with E-state index in [1.54, 1.807) is 9.58 Å². The van der Waals surface area contributed by atoms with Crippen LogP contribution in [0.1, 0.15) is 82.8 Å². The summed E-state index contributed by atoms with van der Waals surface area (Å²) in [7, 11) is 0.194. The van der Waals surface area contributed by atoms with E-state index in [-0.39, 0.29) is 34.1 Å². The highest BCUT2D eigenvalue weighted by molar-refractivity contribution is 6.57. The van der Waals surface area contributed by atoms with E-state index in [1.165, 1.54) is 5.56 Å². The quantitative estimate of drug-likeness (QED) is 0.110. The number of hydrogen-bond donors (Lipinski definition) is 2. The molecule has 0 fully saturated rings. The van der Waals surface area contributed by atoms with Crippen LogP contribution in [0.4, 0.5) is 5.69 Å². The molecule has 0 aliphatic carbocycles. The van der Waals surface area contributed by atoms with Gasteiger partial charge >= 0.3 is 0 Å². The molecule has 2 amide bonds. The van der Waals surface area contributed by atoms with Crippen LogP contribution in [0.2, 0.25) is 0 Å². The number of ether oxygens (including phenoxy) is 1. The molecular formula is C43H49N5O4Si. The molecule has 1 atom stereocenters. The monoisotopic (exact) mass is 727 g/mol. The molecule has 10 heteroatoms. The first-order chi connectivity index (χ1) is 25.8. The lowest BCUT2D eigenvalue weighted by molar-refractivity contribution is 0.0544. The van der Waals surface area contributed by atoms with E-state index in [1.807, 2.05) is 110 Å². The minimum Gasteiger partial charge on any atom is -0.457 e. The number of unbranched alkanes of at least 4 members (excludes halogenated alkanes) is 2. The maximum absolute atomic E-state index is 14.7. The molecule has 0 bridgehead atoms. The summed E-state index contributed by atoms with van der Waals surface area (Å²) >= 11 is 0. The van der Waals surface area contributed by atoms with Gasteiger partial charge in [-0.1, -0.05) is 80.8 Å². The molecule has 0 saturated heterocycles. The molecule has 0 spiro atoms. The molecule has 2 heterocycles. The van der Waals surface area contributed by atoms with E-state index in [0.29, 0.717) is 43.0 Å². The fourth-order valence-corrected chi connectivity index (χ4v) is 7.47. The van der Waals surface area contributed by atoms with Gasteiger partial charge in [0.25, 0.3) is 11.8 Å². The number of carbonyl (C=O) groups excluding carboxylic acids is 2. The van der Waals surface area contributed by atoms with Crippen molar-refractivity contribution in [3.05, 3.63) is 131 Å². The number of rotatable bonds is 15. The highest BCUT2D eigenvalue weighted by atomic mass is 28.2. The van der Waals surface area contributed by atoms with Crippen LogP contribution in [-0.2, 0) is 13.0 Å². The molecule has 1 aliphatic heterocycles. The fraction of sp³-hybridized carbons (Fsp3) is 0.326. The Balaban J connectivity index is 1.31. The molecule has 1 aromatic heterocycles. The lowest BCUT2D eigenvalue weighted by atomic mass is 9.93. The Kier molecular flexibility index (Phi) is 12.4. The largest absolute Gasteiger partial charge is 0.457 e. The predicted molar refractivity (Wildman–Crippen MR) is 212 cm³/mol. The minimum atomic E-state index is -0.374. The summed E-state index contributed by atoms with van der Waals surface area (Å²) in [6, 6.07) is 31.1. The van der Waals surface area contributed by atoms with Gasteiger partial charge in [-0.3, -0.25) is 9.59 Å². The molecular weight excluding hydrogens is 679 g/mol. The van der Waals surface area contributed by atoms with Crippen molar-refractivity contribution >= 4 is 32.4 Å². The Hall–Kier alpha value is -5.19. The number of amides is 2. The van der Waals surface area contributed by atoms with Gasteiger partial charge in [0.2, 0.25) is 9.68 Å². The minimum absolute atomic E-state index is 0.0947. The SMILES string of the molecule is CCCCN(CCCC)C(=O)c1cc(C)n(-c2ccc(N[Si]c3cccc(Oc4ccc(C)cc4)c3)cc2C(=O)N2Cc3ccccc3C[C@H]2CO)n1. The standard InChI is InChI=1S/C43H49N5O4Si/c1-5-7-22-46(23-8-6-2)43(51)40-24-31(4)48(44-40)41-21-18-34(45-53-38-15-11-14-37(27-38)52-36-19-16-30(3)17-20-36)26-39(41)42(50)47-28-33-13-10-9-12-32(33)25-35(47)29-49/h9-21,24,26-27,35,45,49H,5-8,22-23,25,28-29H2,1-4H3/t35-/m0/s1. The summed E-state index contributed by atoms with van der Waals surface area (Å²) in [6.45, 7) is 9.81. The second-order valence-corrected chi connectivity index (χ2v) is 14.8. The van der Waals surface area contributed by atoms with E-state index in [0.717, 1.165) is 64.9 Å². The van der Waals surface area contributed by atoms with Crippen LogP contribution in [0, 0.1) is 13.8 Å². The van der Waals surface area contributed by atoms with Gasteiger partial charge in [-0.2, -0.15) is 5.10 Å². The van der Waals surface area contributed by atoms with Gasteiger partial charge in [0.05, 0.1) is 23.9 Å². The second-order valence-electron chi connectivity index (χ2n) is 13.7.